The summed E-state index contributed by atoms with van der Waals surface area (Å²) in [6.07, 6.45) is 3.00. The second kappa shape index (κ2) is 3.43. The van der Waals surface area contributed by atoms with E-state index in [2.05, 4.69) is 15.5 Å². The van der Waals surface area contributed by atoms with Gasteiger partial charge in [0.1, 0.15) is 12.2 Å². The number of ether oxygens (including phenoxy) is 1. The Morgan fingerprint density at radius 1 is 1.69 bits per heavy atom. The molecule has 0 radical (unpaired) electrons. The molecule has 2 rings (SSSR count). The summed E-state index contributed by atoms with van der Waals surface area (Å²) in [6, 6.07) is 0.289. The highest BCUT2D eigenvalue weighted by Crippen LogP contribution is 2.22. The molecule has 1 aromatic heterocycles. The third-order valence-corrected chi connectivity index (χ3v) is 2.48. The van der Waals surface area contributed by atoms with Gasteiger partial charge >= 0.3 is 0 Å². The van der Waals surface area contributed by atoms with Crippen LogP contribution in [0, 0.1) is 0 Å². The lowest BCUT2D eigenvalue weighted by molar-refractivity contribution is 0.117. The van der Waals surface area contributed by atoms with Gasteiger partial charge < -0.3 is 14.6 Å². The third kappa shape index (κ3) is 1.57. The number of aromatic nitrogens is 3. The number of hydrogen-bond donors (Lipinski definition) is 1. The standard InChI is InChI=1S/C8H14N4O/c1-12-5-10-11-8(12)7-3-6(13-2)4-9-7/h5-7,9H,3-4H2,1-2H3/t6-,7+/m1/s1. The average Bonchev–Trinajstić information content (AvgIpc) is 2.71. The topological polar surface area (TPSA) is 52.0 Å². The molecule has 1 aliphatic rings. The first-order valence-electron chi connectivity index (χ1n) is 4.41. The van der Waals surface area contributed by atoms with Crippen LogP contribution in [0.2, 0.25) is 0 Å². The van der Waals surface area contributed by atoms with Crippen LogP contribution in [0.15, 0.2) is 6.33 Å². The van der Waals surface area contributed by atoms with Gasteiger partial charge in [-0.05, 0) is 6.42 Å². The Morgan fingerprint density at radius 3 is 3.08 bits per heavy atom. The van der Waals surface area contributed by atoms with Crippen molar-refractivity contribution in [2.45, 2.75) is 18.6 Å². The number of nitrogens with zero attached hydrogens (tertiary/aromatic N) is 3. The van der Waals surface area contributed by atoms with Crippen LogP contribution in [0.25, 0.3) is 0 Å². The minimum absolute atomic E-state index is 0.289. The fourth-order valence-electron chi connectivity index (χ4n) is 1.69. The first-order chi connectivity index (χ1) is 6.31. The Bertz CT molecular complexity index is 285. The van der Waals surface area contributed by atoms with Crippen molar-refractivity contribution in [3.05, 3.63) is 12.2 Å². The highest BCUT2D eigenvalue weighted by atomic mass is 16.5. The van der Waals surface area contributed by atoms with E-state index in [-0.39, 0.29) is 6.04 Å². The van der Waals surface area contributed by atoms with Gasteiger partial charge in [-0.15, -0.1) is 10.2 Å². The number of rotatable bonds is 2. The van der Waals surface area contributed by atoms with E-state index in [1.807, 2.05) is 11.6 Å². The zero-order valence-electron chi connectivity index (χ0n) is 7.90. The van der Waals surface area contributed by atoms with Crippen molar-refractivity contribution >= 4 is 0 Å². The molecule has 0 unspecified atom stereocenters. The lowest BCUT2D eigenvalue weighted by Crippen LogP contribution is -2.18. The van der Waals surface area contributed by atoms with Gasteiger partial charge in [0.05, 0.1) is 12.1 Å². The van der Waals surface area contributed by atoms with Crippen LogP contribution >= 0.6 is 0 Å². The van der Waals surface area contributed by atoms with Gasteiger partial charge in [-0.25, -0.2) is 0 Å². The Balaban J connectivity index is 2.08. The van der Waals surface area contributed by atoms with Crippen LogP contribution in [-0.2, 0) is 11.8 Å². The fourth-order valence-corrected chi connectivity index (χ4v) is 1.69. The highest BCUT2D eigenvalue weighted by Gasteiger charge is 2.27. The lowest BCUT2D eigenvalue weighted by Gasteiger charge is -2.08. The highest BCUT2D eigenvalue weighted by molar-refractivity contribution is 4.99. The van der Waals surface area contributed by atoms with Gasteiger partial charge in [0.25, 0.3) is 0 Å². The van der Waals surface area contributed by atoms with Gasteiger partial charge in [-0.1, -0.05) is 0 Å². The molecule has 5 nitrogen and oxygen atoms in total. The van der Waals surface area contributed by atoms with E-state index in [1.165, 1.54) is 0 Å². The molecule has 72 valence electrons. The van der Waals surface area contributed by atoms with Gasteiger partial charge in [-0.2, -0.15) is 0 Å². The maximum atomic E-state index is 5.26. The molecule has 13 heavy (non-hydrogen) atoms. The molecule has 0 aliphatic carbocycles. The summed E-state index contributed by atoms with van der Waals surface area (Å²) in [5, 5.41) is 11.3. The summed E-state index contributed by atoms with van der Waals surface area (Å²) in [7, 11) is 3.70. The minimum Gasteiger partial charge on any atom is -0.380 e. The van der Waals surface area contributed by atoms with E-state index in [1.54, 1.807) is 13.4 Å². The van der Waals surface area contributed by atoms with E-state index in [9.17, 15) is 0 Å². The van der Waals surface area contributed by atoms with E-state index >= 15 is 0 Å². The maximum Gasteiger partial charge on any atom is 0.149 e. The second-order valence-electron chi connectivity index (χ2n) is 3.35. The summed E-state index contributed by atoms with van der Waals surface area (Å²) in [5.41, 5.74) is 0. The summed E-state index contributed by atoms with van der Waals surface area (Å²) in [6.45, 7) is 0.897. The van der Waals surface area contributed by atoms with Crippen LogP contribution in [-0.4, -0.2) is 34.5 Å². The Kier molecular flexibility index (Phi) is 2.28. The molecular formula is C8H14N4O. The van der Waals surface area contributed by atoms with Crippen LogP contribution in [0.4, 0.5) is 0 Å². The monoisotopic (exact) mass is 182 g/mol. The molecular weight excluding hydrogens is 168 g/mol. The molecule has 0 spiro atoms. The Hall–Kier alpha value is -0.940. The molecule has 0 saturated carbocycles. The normalized spacial score (nSPS) is 28.2. The summed E-state index contributed by atoms with van der Waals surface area (Å²) in [5.74, 6) is 0.986. The SMILES string of the molecule is CO[C@H]1CN[C@H](c2nncn2C)C1. The molecule has 2 heterocycles. The van der Waals surface area contributed by atoms with Gasteiger partial charge in [0.15, 0.2) is 0 Å². The van der Waals surface area contributed by atoms with Crippen LogP contribution in [0.5, 0.6) is 0 Å². The molecule has 2 atom stereocenters. The number of aryl methyl sites for hydroxylation is 1. The first kappa shape index (κ1) is 8.65. The number of nitrogens with one attached hydrogen (secondary N) is 1. The summed E-state index contributed by atoms with van der Waals surface area (Å²) < 4.78 is 7.20. The second-order valence-corrected chi connectivity index (χ2v) is 3.35. The maximum absolute atomic E-state index is 5.26. The minimum atomic E-state index is 0.289. The van der Waals surface area contributed by atoms with Crippen LogP contribution < -0.4 is 5.32 Å². The first-order valence-corrected chi connectivity index (χ1v) is 4.41. The van der Waals surface area contributed by atoms with E-state index < -0.39 is 0 Å². The zero-order chi connectivity index (χ0) is 9.26. The molecule has 1 aliphatic heterocycles. The lowest BCUT2D eigenvalue weighted by atomic mass is 10.2. The molecule has 1 aromatic rings. The van der Waals surface area contributed by atoms with Gasteiger partial charge in [0, 0.05) is 20.7 Å². The molecule has 0 aromatic carbocycles. The van der Waals surface area contributed by atoms with Crippen molar-refractivity contribution < 1.29 is 4.74 Å². The van der Waals surface area contributed by atoms with Crippen molar-refractivity contribution in [3.8, 4) is 0 Å². The molecule has 0 bridgehead atoms. The molecule has 5 heteroatoms. The fraction of sp³-hybridized carbons (Fsp3) is 0.750. The van der Waals surface area contributed by atoms with Crippen molar-refractivity contribution in [1.82, 2.24) is 20.1 Å². The Morgan fingerprint density at radius 2 is 2.54 bits per heavy atom. The van der Waals surface area contributed by atoms with E-state index in [0.29, 0.717) is 6.10 Å². The molecule has 1 saturated heterocycles. The van der Waals surface area contributed by atoms with Crippen molar-refractivity contribution in [2.24, 2.45) is 7.05 Å². The zero-order valence-corrected chi connectivity index (χ0v) is 7.90. The summed E-state index contributed by atoms with van der Waals surface area (Å²) in [4.78, 5) is 0. The van der Waals surface area contributed by atoms with Crippen molar-refractivity contribution in [2.75, 3.05) is 13.7 Å². The molecule has 1 N–H and O–H groups in total. The number of hydrogen-bond acceptors (Lipinski definition) is 4. The largest absolute Gasteiger partial charge is 0.380 e. The predicted molar refractivity (Wildman–Crippen MR) is 47.2 cm³/mol. The average molecular weight is 182 g/mol. The predicted octanol–water partition coefficient (Wildman–Crippen LogP) is -0.136. The quantitative estimate of drug-likeness (QED) is 0.692. The number of methoxy groups -OCH3 is 1. The smallest absolute Gasteiger partial charge is 0.149 e. The Labute approximate surface area is 77.1 Å². The van der Waals surface area contributed by atoms with E-state index in [4.69, 9.17) is 4.74 Å². The van der Waals surface area contributed by atoms with E-state index in [0.717, 1.165) is 18.8 Å². The third-order valence-electron chi connectivity index (χ3n) is 2.48. The molecule has 1 fully saturated rings. The van der Waals surface area contributed by atoms with Crippen LogP contribution in [0.1, 0.15) is 18.3 Å². The van der Waals surface area contributed by atoms with Gasteiger partial charge in [-0.3, -0.25) is 0 Å². The summed E-state index contributed by atoms with van der Waals surface area (Å²) >= 11 is 0. The van der Waals surface area contributed by atoms with Crippen molar-refractivity contribution in [3.63, 3.8) is 0 Å². The van der Waals surface area contributed by atoms with Crippen molar-refractivity contribution in [1.29, 1.82) is 0 Å². The van der Waals surface area contributed by atoms with Gasteiger partial charge in [0.2, 0.25) is 0 Å². The van der Waals surface area contributed by atoms with Crippen LogP contribution in [0.3, 0.4) is 0 Å². The molecule has 0 amide bonds.